The number of rotatable bonds is 3. The smallest absolute Gasteiger partial charge is 0.224 e. The fourth-order valence-corrected chi connectivity index (χ4v) is 4.78. The SMILES string of the molecule is CNCCC(=O)N1CC2(CCCC2)c2cc3c(cc2C1C)OCCO3.Cl. The molecule has 1 unspecified atom stereocenters. The normalized spacial score (nSPS) is 22.7. The Morgan fingerprint density at radius 1 is 1.23 bits per heavy atom. The van der Waals surface area contributed by atoms with Gasteiger partial charge in [-0.3, -0.25) is 4.79 Å². The maximum absolute atomic E-state index is 12.8. The Hall–Kier alpha value is -1.46. The molecule has 144 valence electrons. The van der Waals surface area contributed by atoms with E-state index < -0.39 is 0 Å². The summed E-state index contributed by atoms with van der Waals surface area (Å²) in [5, 5.41) is 3.09. The molecule has 1 N–H and O–H groups in total. The van der Waals surface area contributed by atoms with Crippen LogP contribution in [-0.4, -0.2) is 44.2 Å². The molecule has 1 amide bonds. The minimum atomic E-state index is 0. The van der Waals surface area contributed by atoms with Crippen molar-refractivity contribution in [3.8, 4) is 11.5 Å². The van der Waals surface area contributed by atoms with Gasteiger partial charge >= 0.3 is 0 Å². The largest absolute Gasteiger partial charge is 0.486 e. The second-order valence-electron chi connectivity index (χ2n) is 7.62. The lowest BCUT2D eigenvalue weighted by Crippen LogP contribution is -2.49. The first kappa shape index (κ1) is 19.3. The molecule has 1 fully saturated rings. The van der Waals surface area contributed by atoms with Gasteiger partial charge in [0, 0.05) is 24.9 Å². The molecular formula is C20H29ClN2O3. The van der Waals surface area contributed by atoms with Crippen molar-refractivity contribution >= 4 is 18.3 Å². The van der Waals surface area contributed by atoms with Gasteiger partial charge in [-0.15, -0.1) is 12.4 Å². The minimum absolute atomic E-state index is 0. The average Bonchev–Trinajstić information content (AvgIpc) is 3.11. The van der Waals surface area contributed by atoms with Gasteiger partial charge in [-0.2, -0.15) is 0 Å². The van der Waals surface area contributed by atoms with Crippen molar-refractivity contribution in [1.82, 2.24) is 10.2 Å². The summed E-state index contributed by atoms with van der Waals surface area (Å²) in [7, 11) is 1.89. The molecule has 1 spiro atoms. The van der Waals surface area contributed by atoms with Crippen LogP contribution in [0.2, 0.25) is 0 Å². The highest BCUT2D eigenvalue weighted by molar-refractivity contribution is 5.85. The zero-order valence-corrected chi connectivity index (χ0v) is 16.5. The number of hydrogen-bond donors (Lipinski definition) is 1. The van der Waals surface area contributed by atoms with E-state index in [9.17, 15) is 4.79 Å². The molecule has 5 nitrogen and oxygen atoms in total. The van der Waals surface area contributed by atoms with Crippen LogP contribution in [0.3, 0.4) is 0 Å². The van der Waals surface area contributed by atoms with Gasteiger partial charge in [0.05, 0.1) is 6.04 Å². The van der Waals surface area contributed by atoms with Crippen LogP contribution in [0.25, 0.3) is 0 Å². The van der Waals surface area contributed by atoms with Gasteiger partial charge in [-0.05, 0) is 50.1 Å². The number of ether oxygens (including phenoxy) is 2. The quantitative estimate of drug-likeness (QED) is 0.874. The summed E-state index contributed by atoms with van der Waals surface area (Å²) >= 11 is 0. The van der Waals surface area contributed by atoms with E-state index in [2.05, 4.69) is 29.3 Å². The first-order valence-electron chi connectivity index (χ1n) is 9.53. The molecule has 1 aromatic rings. The summed E-state index contributed by atoms with van der Waals surface area (Å²) in [5.41, 5.74) is 2.72. The zero-order valence-electron chi connectivity index (χ0n) is 15.7. The monoisotopic (exact) mass is 380 g/mol. The van der Waals surface area contributed by atoms with Crippen molar-refractivity contribution in [2.75, 3.05) is 33.4 Å². The van der Waals surface area contributed by atoms with Gasteiger partial charge in [-0.1, -0.05) is 12.8 Å². The van der Waals surface area contributed by atoms with Crippen LogP contribution in [0, 0.1) is 0 Å². The number of carbonyl (C=O) groups excluding carboxylic acids is 1. The Bertz CT molecular complexity index is 673. The van der Waals surface area contributed by atoms with Crippen LogP contribution < -0.4 is 14.8 Å². The lowest BCUT2D eigenvalue weighted by atomic mass is 9.71. The number of fused-ring (bicyclic) bond motifs is 3. The van der Waals surface area contributed by atoms with Gasteiger partial charge in [-0.25, -0.2) is 0 Å². The highest BCUT2D eigenvalue weighted by Crippen LogP contribution is 2.51. The molecule has 2 heterocycles. The maximum Gasteiger partial charge on any atom is 0.224 e. The van der Waals surface area contributed by atoms with Crippen molar-refractivity contribution in [3.63, 3.8) is 0 Å². The molecule has 1 aliphatic carbocycles. The molecule has 2 aliphatic heterocycles. The molecule has 0 saturated heterocycles. The average molecular weight is 381 g/mol. The van der Waals surface area contributed by atoms with E-state index >= 15 is 0 Å². The summed E-state index contributed by atoms with van der Waals surface area (Å²) < 4.78 is 11.7. The highest BCUT2D eigenvalue weighted by atomic mass is 35.5. The first-order chi connectivity index (χ1) is 12.1. The van der Waals surface area contributed by atoms with Crippen LogP contribution in [0.15, 0.2) is 12.1 Å². The Morgan fingerprint density at radius 3 is 2.54 bits per heavy atom. The molecule has 0 radical (unpaired) electrons. The first-order valence-corrected chi connectivity index (χ1v) is 9.53. The fourth-order valence-electron chi connectivity index (χ4n) is 4.78. The van der Waals surface area contributed by atoms with E-state index in [0.717, 1.165) is 37.4 Å². The van der Waals surface area contributed by atoms with Gasteiger partial charge < -0.3 is 19.7 Å². The standard InChI is InChI=1S/C20H28N2O3.ClH/c1-14-15-11-17-18(25-10-9-24-17)12-16(15)20(6-3-4-7-20)13-22(14)19(23)5-8-21-2;/h11-12,14,21H,3-10,13H2,1-2H3;1H. The van der Waals surface area contributed by atoms with Crippen molar-refractivity contribution in [3.05, 3.63) is 23.3 Å². The Kier molecular flexibility index (Phi) is 5.68. The van der Waals surface area contributed by atoms with Crippen molar-refractivity contribution in [2.24, 2.45) is 0 Å². The second-order valence-corrected chi connectivity index (χ2v) is 7.62. The van der Waals surface area contributed by atoms with E-state index in [-0.39, 0.29) is 29.8 Å². The molecule has 4 rings (SSSR count). The van der Waals surface area contributed by atoms with Crippen LogP contribution in [0.5, 0.6) is 11.5 Å². The summed E-state index contributed by atoms with van der Waals surface area (Å²) in [6.45, 7) is 4.92. The van der Waals surface area contributed by atoms with Crippen LogP contribution in [0.4, 0.5) is 0 Å². The zero-order chi connectivity index (χ0) is 17.4. The molecule has 0 bridgehead atoms. The van der Waals surface area contributed by atoms with Gasteiger partial charge in [0.1, 0.15) is 13.2 Å². The van der Waals surface area contributed by atoms with Crippen LogP contribution >= 0.6 is 12.4 Å². The van der Waals surface area contributed by atoms with E-state index in [0.29, 0.717) is 19.6 Å². The van der Waals surface area contributed by atoms with Gasteiger partial charge in [0.25, 0.3) is 0 Å². The lowest BCUT2D eigenvalue weighted by Gasteiger charge is -2.46. The fraction of sp³-hybridized carbons (Fsp3) is 0.650. The van der Waals surface area contributed by atoms with Crippen LogP contribution in [-0.2, 0) is 10.2 Å². The third kappa shape index (κ3) is 3.16. The maximum atomic E-state index is 12.8. The Balaban J connectivity index is 0.00000196. The molecule has 1 saturated carbocycles. The van der Waals surface area contributed by atoms with E-state index in [1.54, 1.807) is 0 Å². The molecule has 26 heavy (non-hydrogen) atoms. The van der Waals surface area contributed by atoms with E-state index in [1.165, 1.54) is 24.0 Å². The Morgan fingerprint density at radius 2 is 1.88 bits per heavy atom. The van der Waals surface area contributed by atoms with Crippen molar-refractivity contribution in [2.45, 2.75) is 50.5 Å². The van der Waals surface area contributed by atoms with Crippen molar-refractivity contribution < 1.29 is 14.3 Å². The predicted molar refractivity (Wildman–Crippen MR) is 103 cm³/mol. The molecule has 0 aromatic heterocycles. The second kappa shape index (κ2) is 7.65. The third-order valence-electron chi connectivity index (χ3n) is 6.15. The third-order valence-corrected chi connectivity index (χ3v) is 6.15. The molecule has 6 heteroatoms. The molecule has 3 aliphatic rings. The highest BCUT2D eigenvalue weighted by Gasteiger charge is 2.46. The topological polar surface area (TPSA) is 50.8 Å². The summed E-state index contributed by atoms with van der Waals surface area (Å²) in [6, 6.07) is 4.43. The number of hydrogen-bond acceptors (Lipinski definition) is 4. The summed E-state index contributed by atoms with van der Waals surface area (Å²) in [6.07, 6.45) is 5.34. The lowest BCUT2D eigenvalue weighted by molar-refractivity contribution is -0.135. The van der Waals surface area contributed by atoms with Gasteiger partial charge in [0.2, 0.25) is 5.91 Å². The number of nitrogens with zero attached hydrogens (tertiary/aromatic N) is 1. The number of nitrogens with one attached hydrogen (secondary N) is 1. The molecule has 1 atom stereocenters. The Labute approximate surface area is 161 Å². The molecular weight excluding hydrogens is 352 g/mol. The molecule has 1 aromatic carbocycles. The summed E-state index contributed by atoms with van der Waals surface area (Å²) in [5.74, 6) is 1.95. The van der Waals surface area contributed by atoms with Gasteiger partial charge in [0.15, 0.2) is 11.5 Å². The van der Waals surface area contributed by atoms with E-state index in [4.69, 9.17) is 9.47 Å². The van der Waals surface area contributed by atoms with Crippen molar-refractivity contribution in [1.29, 1.82) is 0 Å². The minimum Gasteiger partial charge on any atom is -0.486 e. The predicted octanol–water partition coefficient (Wildman–Crippen LogP) is 3.20. The summed E-state index contributed by atoms with van der Waals surface area (Å²) in [4.78, 5) is 14.9. The van der Waals surface area contributed by atoms with Crippen LogP contribution in [0.1, 0.15) is 56.2 Å². The van der Waals surface area contributed by atoms with E-state index in [1.807, 2.05) is 7.05 Å². The number of amides is 1. The number of halogens is 1. The number of carbonyl (C=O) groups is 1. The number of benzene rings is 1.